The molecule has 0 saturated carbocycles. The Morgan fingerprint density at radius 2 is 1.87 bits per heavy atom. The first-order valence-corrected chi connectivity index (χ1v) is 14.4. The van der Waals surface area contributed by atoms with E-state index < -0.39 is 21.2 Å². The highest BCUT2D eigenvalue weighted by Gasteiger charge is 2.50. The zero-order valence-corrected chi connectivity index (χ0v) is 22.5. The predicted octanol–water partition coefficient (Wildman–Crippen LogP) is 4.87. The van der Waals surface area contributed by atoms with E-state index in [4.69, 9.17) is 4.74 Å². The number of carbonyl (C=O) groups excluding carboxylic acids is 1. The van der Waals surface area contributed by atoms with E-state index in [1.165, 1.54) is 0 Å². The highest BCUT2D eigenvalue weighted by Crippen LogP contribution is 2.62. The molecule has 1 unspecified atom stereocenters. The Balaban J connectivity index is 1.41. The Labute approximate surface area is 228 Å². The summed E-state index contributed by atoms with van der Waals surface area (Å²) in [6, 6.07) is 22.7. The van der Waals surface area contributed by atoms with Gasteiger partial charge < -0.3 is 4.74 Å². The molecule has 1 fully saturated rings. The molecular weight excluding hydrogens is 516 g/mol. The first-order chi connectivity index (χ1) is 18.8. The molecule has 5 rings (SSSR count). The Morgan fingerprint density at radius 3 is 2.62 bits per heavy atom. The van der Waals surface area contributed by atoms with Crippen molar-refractivity contribution in [2.24, 2.45) is 0 Å². The van der Waals surface area contributed by atoms with Crippen LogP contribution in [-0.2, 0) is 22.7 Å². The number of amides is 1. The van der Waals surface area contributed by atoms with Crippen molar-refractivity contribution in [1.82, 2.24) is 20.3 Å². The van der Waals surface area contributed by atoms with Gasteiger partial charge in [0.15, 0.2) is 0 Å². The summed E-state index contributed by atoms with van der Waals surface area (Å²) in [5, 5.41) is 10.3. The van der Waals surface area contributed by atoms with Crippen LogP contribution in [0.4, 0.5) is 0 Å². The van der Waals surface area contributed by atoms with E-state index in [-0.39, 0.29) is 18.7 Å². The fraction of sp³-hybridized carbons (Fsp3) is 0.276. The molecule has 4 aromatic rings. The number of carbonyl (C=O) groups is 1. The number of nitrogens with zero attached hydrogens (tertiary/aromatic N) is 3. The normalized spacial score (nSPS) is 19.9. The van der Waals surface area contributed by atoms with E-state index in [0.29, 0.717) is 31.0 Å². The number of fused-ring (bicyclic) bond motifs is 1. The third kappa shape index (κ3) is 5.75. The van der Waals surface area contributed by atoms with Crippen LogP contribution in [0, 0.1) is 6.92 Å². The van der Waals surface area contributed by atoms with E-state index in [0.717, 1.165) is 27.9 Å². The maximum atomic E-state index is 12.4. The van der Waals surface area contributed by atoms with Gasteiger partial charge in [-0.1, -0.05) is 36.4 Å². The summed E-state index contributed by atoms with van der Waals surface area (Å²) < 4.78 is 27.4. The second kappa shape index (κ2) is 11.3. The average Bonchev–Trinajstić information content (AvgIpc) is 2.94. The minimum absolute atomic E-state index is 0.102. The van der Waals surface area contributed by atoms with Gasteiger partial charge in [0, 0.05) is 42.5 Å². The van der Waals surface area contributed by atoms with Crippen LogP contribution in [0.15, 0.2) is 79.0 Å². The SMILES string of the molecule is Cc1cc(COc2ccc(C3(CC(=O)NO)CN(Cc4ccccn4)CCS3(O)O)cc2)c2ccccc2n1. The number of aromatic nitrogens is 2. The molecule has 0 bridgehead atoms. The lowest BCUT2D eigenvalue weighted by atomic mass is 9.92. The Hall–Kier alpha value is -3.54. The highest BCUT2D eigenvalue weighted by molar-refractivity contribution is 8.25. The number of nitrogens with one attached hydrogen (secondary N) is 1. The van der Waals surface area contributed by atoms with E-state index in [9.17, 15) is 19.1 Å². The molecular formula is C29H32N4O5S. The maximum Gasteiger partial charge on any atom is 0.245 e. The molecule has 0 aliphatic carbocycles. The summed E-state index contributed by atoms with van der Waals surface area (Å²) in [5.74, 6) is 0.0252. The average molecular weight is 549 g/mol. The first-order valence-electron chi connectivity index (χ1n) is 12.7. The van der Waals surface area contributed by atoms with Crippen molar-refractivity contribution in [3.05, 3.63) is 102 Å². The van der Waals surface area contributed by atoms with Gasteiger partial charge in [0.2, 0.25) is 5.91 Å². The largest absolute Gasteiger partial charge is 0.489 e. The number of hydrogen-bond acceptors (Lipinski definition) is 8. The van der Waals surface area contributed by atoms with Gasteiger partial charge in [-0.15, -0.1) is 0 Å². The Kier molecular flexibility index (Phi) is 7.83. The van der Waals surface area contributed by atoms with E-state index >= 15 is 0 Å². The maximum absolute atomic E-state index is 12.4. The van der Waals surface area contributed by atoms with Crippen molar-refractivity contribution in [2.45, 2.75) is 31.2 Å². The number of ether oxygens (including phenoxy) is 1. The van der Waals surface area contributed by atoms with Crippen molar-refractivity contribution in [3.8, 4) is 5.75 Å². The fourth-order valence-corrected chi connectivity index (χ4v) is 7.40. The van der Waals surface area contributed by atoms with Crippen molar-refractivity contribution in [2.75, 3.05) is 18.8 Å². The van der Waals surface area contributed by atoms with Gasteiger partial charge in [-0.25, -0.2) is 5.48 Å². The molecule has 0 spiro atoms. The minimum Gasteiger partial charge on any atom is -0.489 e. The van der Waals surface area contributed by atoms with Gasteiger partial charge in [0.05, 0.1) is 23.4 Å². The second-order valence-electron chi connectivity index (χ2n) is 9.86. The highest BCUT2D eigenvalue weighted by atomic mass is 32.3. The summed E-state index contributed by atoms with van der Waals surface area (Å²) in [6.45, 7) is 3.45. The van der Waals surface area contributed by atoms with Gasteiger partial charge in [0.25, 0.3) is 0 Å². The number of rotatable bonds is 8. The molecule has 1 aliphatic heterocycles. The first kappa shape index (κ1) is 27.0. The van der Waals surface area contributed by atoms with Gasteiger partial charge in [-0.05, 0) is 48.9 Å². The van der Waals surface area contributed by atoms with Gasteiger partial charge in [0.1, 0.15) is 17.1 Å². The molecule has 1 aliphatic rings. The summed E-state index contributed by atoms with van der Waals surface area (Å²) in [4.78, 5) is 23.5. The predicted molar refractivity (Wildman–Crippen MR) is 151 cm³/mol. The van der Waals surface area contributed by atoms with Crippen molar-refractivity contribution in [3.63, 3.8) is 0 Å². The number of pyridine rings is 2. The summed E-state index contributed by atoms with van der Waals surface area (Å²) in [6.07, 6.45) is 1.43. The van der Waals surface area contributed by atoms with Gasteiger partial charge in [-0.3, -0.25) is 34.0 Å². The molecule has 2 aromatic heterocycles. The Bertz CT molecular complexity index is 1450. The topological polar surface area (TPSA) is 128 Å². The molecule has 204 valence electrons. The lowest BCUT2D eigenvalue weighted by Crippen LogP contribution is -2.53. The number of hydrogen-bond donors (Lipinski definition) is 4. The quantitative estimate of drug-likeness (QED) is 0.181. The fourth-order valence-electron chi connectivity index (χ4n) is 5.23. The standard InChI is InChI=1S/C29H32N4O5S/c1-21-16-22(26-7-2-3-8-27(26)31-21)19-38-25-11-9-23(10-12-25)29(17-28(34)32-35)20-33(14-15-39(29,36)37)18-24-6-4-5-13-30-24/h2-13,16,35-37H,14-15,17-20H2,1H3,(H,32,34). The summed E-state index contributed by atoms with van der Waals surface area (Å²) >= 11 is 0. The van der Waals surface area contributed by atoms with Crippen molar-refractivity contribution in [1.29, 1.82) is 0 Å². The van der Waals surface area contributed by atoms with Crippen LogP contribution < -0.4 is 10.2 Å². The molecule has 10 heteroatoms. The molecule has 1 saturated heterocycles. The summed E-state index contributed by atoms with van der Waals surface area (Å²) in [7, 11) is -3.25. The van der Waals surface area contributed by atoms with E-state index in [1.807, 2.05) is 55.5 Å². The smallest absolute Gasteiger partial charge is 0.245 e. The van der Waals surface area contributed by atoms with Crippen LogP contribution in [0.5, 0.6) is 5.75 Å². The lowest BCUT2D eigenvalue weighted by molar-refractivity contribution is -0.130. The van der Waals surface area contributed by atoms with Crippen molar-refractivity contribution >= 4 is 27.4 Å². The summed E-state index contributed by atoms with van der Waals surface area (Å²) in [5.41, 5.74) is 5.94. The molecule has 0 radical (unpaired) electrons. The second-order valence-corrected chi connectivity index (χ2v) is 12.4. The monoisotopic (exact) mass is 548 g/mol. The van der Waals surface area contributed by atoms with Crippen LogP contribution in [-0.4, -0.2) is 53.9 Å². The lowest BCUT2D eigenvalue weighted by Gasteiger charge is -2.56. The van der Waals surface area contributed by atoms with Gasteiger partial charge in [-0.2, -0.15) is 10.6 Å². The molecule has 1 atom stereocenters. The van der Waals surface area contributed by atoms with E-state index in [2.05, 4.69) is 14.9 Å². The van der Waals surface area contributed by atoms with Crippen LogP contribution in [0.2, 0.25) is 0 Å². The molecule has 3 heterocycles. The molecule has 9 nitrogen and oxygen atoms in total. The van der Waals surface area contributed by atoms with Gasteiger partial charge >= 0.3 is 0 Å². The van der Waals surface area contributed by atoms with Crippen LogP contribution in [0.1, 0.15) is 28.9 Å². The molecule has 2 aromatic carbocycles. The Morgan fingerprint density at radius 1 is 1.10 bits per heavy atom. The number of benzene rings is 2. The van der Waals surface area contributed by atoms with Crippen molar-refractivity contribution < 1.29 is 23.8 Å². The number of para-hydroxylation sites is 1. The van der Waals surface area contributed by atoms with Crippen LogP contribution in [0.3, 0.4) is 0 Å². The number of hydroxylamine groups is 1. The minimum atomic E-state index is -3.25. The number of aryl methyl sites for hydroxylation is 1. The molecule has 39 heavy (non-hydrogen) atoms. The van der Waals surface area contributed by atoms with Crippen LogP contribution in [0.25, 0.3) is 10.9 Å². The van der Waals surface area contributed by atoms with Crippen LogP contribution >= 0.6 is 10.6 Å². The zero-order valence-electron chi connectivity index (χ0n) is 21.7. The zero-order chi connectivity index (χ0) is 27.5. The van der Waals surface area contributed by atoms with E-state index in [1.54, 1.807) is 35.9 Å². The third-order valence-electron chi connectivity index (χ3n) is 7.18. The molecule has 4 N–H and O–H groups in total. The third-order valence-corrected chi connectivity index (χ3v) is 9.70. The molecule has 1 amide bonds.